The van der Waals surface area contributed by atoms with Gasteiger partial charge >= 0.3 is 6.18 Å². The highest BCUT2D eigenvalue weighted by Crippen LogP contribution is 2.38. The van der Waals surface area contributed by atoms with Crippen molar-refractivity contribution in [1.82, 2.24) is 9.38 Å². The largest absolute Gasteiger partial charge is 0.495 e. The number of aromatic nitrogens is 2. The van der Waals surface area contributed by atoms with Crippen LogP contribution in [0.15, 0.2) is 60.0 Å². The zero-order valence-corrected chi connectivity index (χ0v) is 14.6. The van der Waals surface area contributed by atoms with E-state index in [2.05, 4.69) is 9.98 Å². The summed E-state index contributed by atoms with van der Waals surface area (Å²) in [5, 5.41) is 0. The molecule has 3 aromatic rings. The summed E-state index contributed by atoms with van der Waals surface area (Å²) in [5.74, 6) is -0.0537. The Balaban J connectivity index is 1.93. The van der Waals surface area contributed by atoms with Crippen LogP contribution in [0.3, 0.4) is 0 Å². The van der Waals surface area contributed by atoms with Crippen LogP contribution in [-0.4, -0.2) is 22.7 Å². The first-order valence-electron chi connectivity index (χ1n) is 8.25. The first-order chi connectivity index (χ1) is 13.4. The molecule has 1 aromatic carbocycles. The molecule has 2 aromatic heterocycles. The first kappa shape index (κ1) is 18.0. The number of rotatable bonds is 3. The van der Waals surface area contributed by atoms with E-state index in [4.69, 9.17) is 4.74 Å². The molecule has 1 aliphatic rings. The summed E-state index contributed by atoms with van der Waals surface area (Å²) in [7, 11) is 1.43. The second kappa shape index (κ2) is 6.66. The van der Waals surface area contributed by atoms with Crippen LogP contribution in [0.4, 0.5) is 23.2 Å². The fourth-order valence-electron chi connectivity index (χ4n) is 3.12. The molecule has 1 atom stereocenters. The van der Waals surface area contributed by atoms with Gasteiger partial charge in [-0.1, -0.05) is 0 Å². The van der Waals surface area contributed by atoms with Crippen molar-refractivity contribution in [3.8, 4) is 5.75 Å². The number of halogens is 4. The quantitative estimate of drug-likeness (QED) is 0.614. The number of pyridine rings is 1. The standard InChI is InChI=1S/C19H14F4N4O/c1-28-14-6-7-16-25-18(19(21,22)23)17(27(16)11-14)15-10-24-8-9-26(15)13-4-2-12(20)3-5-13/h2-11,15H,1H3. The maximum absolute atomic E-state index is 13.8. The lowest BCUT2D eigenvalue weighted by atomic mass is 10.1. The predicted octanol–water partition coefficient (Wildman–Crippen LogP) is 4.60. The number of methoxy groups -OCH3 is 1. The van der Waals surface area contributed by atoms with Crippen LogP contribution < -0.4 is 9.64 Å². The summed E-state index contributed by atoms with van der Waals surface area (Å²) < 4.78 is 61.1. The van der Waals surface area contributed by atoms with Gasteiger partial charge < -0.3 is 9.64 Å². The molecule has 144 valence electrons. The number of anilines is 1. The van der Waals surface area contributed by atoms with E-state index >= 15 is 0 Å². The summed E-state index contributed by atoms with van der Waals surface area (Å²) in [4.78, 5) is 9.38. The first-order valence-corrected chi connectivity index (χ1v) is 8.25. The number of benzene rings is 1. The average molecular weight is 390 g/mol. The topological polar surface area (TPSA) is 42.1 Å². The minimum Gasteiger partial charge on any atom is -0.495 e. The van der Waals surface area contributed by atoms with Crippen LogP contribution in [0, 0.1) is 5.82 Å². The third kappa shape index (κ3) is 3.08. The minimum atomic E-state index is -4.67. The van der Waals surface area contributed by atoms with Gasteiger partial charge in [0.05, 0.1) is 19.0 Å². The van der Waals surface area contributed by atoms with E-state index in [1.807, 2.05) is 0 Å². The third-order valence-corrected chi connectivity index (χ3v) is 4.38. The molecule has 0 spiro atoms. The van der Waals surface area contributed by atoms with Gasteiger partial charge in [0.1, 0.15) is 23.3 Å². The van der Waals surface area contributed by atoms with Gasteiger partial charge in [0.2, 0.25) is 0 Å². The Morgan fingerprint density at radius 3 is 2.50 bits per heavy atom. The molecule has 9 heteroatoms. The van der Waals surface area contributed by atoms with Gasteiger partial charge in [-0.25, -0.2) is 9.37 Å². The maximum atomic E-state index is 13.8. The molecule has 1 aliphatic heterocycles. The number of hydrogen-bond acceptors (Lipinski definition) is 4. The fourth-order valence-corrected chi connectivity index (χ4v) is 3.12. The van der Waals surface area contributed by atoms with Crippen LogP contribution in [0.5, 0.6) is 5.75 Å². The molecule has 0 bridgehead atoms. The van der Waals surface area contributed by atoms with Crippen molar-refractivity contribution < 1.29 is 22.3 Å². The Morgan fingerprint density at radius 1 is 1.07 bits per heavy atom. The Bertz CT molecular complexity index is 1070. The SMILES string of the molecule is COc1ccc2nc(C(F)(F)F)c(C3C=NC=CN3c3ccc(F)cc3)n2c1. The molecule has 0 aliphatic carbocycles. The van der Waals surface area contributed by atoms with E-state index in [-0.39, 0.29) is 11.3 Å². The van der Waals surface area contributed by atoms with Crippen molar-refractivity contribution >= 4 is 17.5 Å². The van der Waals surface area contributed by atoms with Crippen LogP contribution in [0.1, 0.15) is 17.4 Å². The molecular weight excluding hydrogens is 376 g/mol. The summed E-state index contributed by atoms with van der Waals surface area (Å²) in [6.45, 7) is 0. The number of ether oxygens (including phenoxy) is 1. The molecule has 1 unspecified atom stereocenters. The molecule has 28 heavy (non-hydrogen) atoms. The van der Waals surface area contributed by atoms with Gasteiger partial charge in [0.15, 0.2) is 5.69 Å². The van der Waals surface area contributed by atoms with Gasteiger partial charge in [0.25, 0.3) is 0 Å². The third-order valence-electron chi connectivity index (χ3n) is 4.38. The van der Waals surface area contributed by atoms with E-state index < -0.39 is 23.7 Å². The van der Waals surface area contributed by atoms with Gasteiger partial charge in [0, 0.05) is 24.3 Å². The van der Waals surface area contributed by atoms with Crippen molar-refractivity contribution in [2.45, 2.75) is 12.2 Å². The van der Waals surface area contributed by atoms with E-state index in [1.54, 1.807) is 11.0 Å². The lowest BCUT2D eigenvalue weighted by Crippen LogP contribution is -2.29. The molecule has 0 saturated carbocycles. The van der Waals surface area contributed by atoms with Gasteiger partial charge in [-0.2, -0.15) is 13.2 Å². The van der Waals surface area contributed by atoms with E-state index in [0.29, 0.717) is 11.4 Å². The molecule has 5 nitrogen and oxygen atoms in total. The number of alkyl halides is 3. The fraction of sp³-hybridized carbons (Fsp3) is 0.158. The number of nitrogens with zero attached hydrogens (tertiary/aromatic N) is 4. The summed E-state index contributed by atoms with van der Waals surface area (Å²) in [6, 6.07) is 7.55. The van der Waals surface area contributed by atoms with Crippen molar-refractivity contribution in [2.24, 2.45) is 4.99 Å². The van der Waals surface area contributed by atoms with E-state index in [0.717, 1.165) is 0 Å². The molecule has 3 heterocycles. The van der Waals surface area contributed by atoms with E-state index in [1.165, 1.54) is 66.7 Å². The smallest absolute Gasteiger partial charge is 0.435 e. The van der Waals surface area contributed by atoms with Gasteiger partial charge in [-0.15, -0.1) is 0 Å². The summed E-state index contributed by atoms with van der Waals surface area (Å²) >= 11 is 0. The second-order valence-corrected chi connectivity index (χ2v) is 6.07. The molecule has 0 amide bonds. The lowest BCUT2D eigenvalue weighted by Gasteiger charge is -2.30. The van der Waals surface area contributed by atoms with Crippen molar-refractivity contribution in [2.75, 3.05) is 12.0 Å². The molecular formula is C19H14F4N4O. The highest BCUT2D eigenvalue weighted by Gasteiger charge is 2.41. The molecule has 4 rings (SSSR count). The number of hydrogen-bond donors (Lipinski definition) is 0. The second-order valence-electron chi connectivity index (χ2n) is 6.07. The van der Waals surface area contributed by atoms with Crippen LogP contribution in [0.2, 0.25) is 0 Å². The summed E-state index contributed by atoms with van der Waals surface area (Å²) in [6.07, 6.45) is 1.16. The lowest BCUT2D eigenvalue weighted by molar-refractivity contribution is -0.141. The average Bonchev–Trinajstić information content (AvgIpc) is 3.07. The zero-order chi connectivity index (χ0) is 19.9. The molecule has 0 saturated heterocycles. The normalized spacial score (nSPS) is 16.8. The number of imidazole rings is 1. The van der Waals surface area contributed by atoms with Crippen molar-refractivity contribution in [3.05, 3.63) is 72.2 Å². The number of aliphatic imine (C=N–C) groups is 1. The predicted molar refractivity (Wildman–Crippen MR) is 96.0 cm³/mol. The Morgan fingerprint density at radius 2 is 1.82 bits per heavy atom. The Hall–Kier alpha value is -3.36. The van der Waals surface area contributed by atoms with E-state index in [9.17, 15) is 17.6 Å². The molecule has 0 N–H and O–H groups in total. The minimum absolute atomic E-state index is 0.112. The molecule has 0 radical (unpaired) electrons. The highest BCUT2D eigenvalue weighted by molar-refractivity contribution is 5.77. The van der Waals surface area contributed by atoms with Crippen molar-refractivity contribution in [3.63, 3.8) is 0 Å². The summed E-state index contributed by atoms with van der Waals surface area (Å²) in [5.41, 5.74) is -0.483. The Labute approximate surface area is 157 Å². The monoisotopic (exact) mass is 390 g/mol. The number of fused-ring (bicyclic) bond motifs is 1. The van der Waals surface area contributed by atoms with Crippen LogP contribution in [0.25, 0.3) is 5.65 Å². The van der Waals surface area contributed by atoms with Gasteiger partial charge in [-0.3, -0.25) is 9.39 Å². The maximum Gasteiger partial charge on any atom is 0.435 e. The zero-order valence-electron chi connectivity index (χ0n) is 14.6. The van der Waals surface area contributed by atoms with Crippen molar-refractivity contribution in [1.29, 1.82) is 0 Å². The van der Waals surface area contributed by atoms with Crippen LogP contribution >= 0.6 is 0 Å². The van der Waals surface area contributed by atoms with Crippen LogP contribution in [-0.2, 0) is 6.18 Å². The Kier molecular flexibility index (Phi) is 4.29. The van der Waals surface area contributed by atoms with Gasteiger partial charge in [-0.05, 0) is 36.4 Å². The highest BCUT2D eigenvalue weighted by atomic mass is 19.4. The molecule has 0 fully saturated rings.